The molecule has 0 bridgehead atoms. The van der Waals surface area contributed by atoms with Gasteiger partial charge in [0.15, 0.2) is 0 Å². The first-order valence-corrected chi connectivity index (χ1v) is 5.52. The summed E-state index contributed by atoms with van der Waals surface area (Å²) in [4.78, 5) is 0. The molecule has 0 atom stereocenters. The third kappa shape index (κ3) is 2.95. The Bertz CT molecular complexity index is 387. The summed E-state index contributed by atoms with van der Waals surface area (Å²) in [5.74, 6) is 0. The van der Waals surface area contributed by atoms with Crippen molar-refractivity contribution in [3.05, 3.63) is 31.3 Å². The van der Waals surface area contributed by atoms with E-state index in [1.807, 2.05) is 0 Å². The Morgan fingerprint density at radius 3 is 2.23 bits per heavy atom. The van der Waals surface area contributed by atoms with E-state index in [0.29, 0.717) is 11.4 Å². The molecule has 0 aromatic heterocycles. The summed E-state index contributed by atoms with van der Waals surface area (Å²) in [6.07, 6.45) is 1.10. The number of hydrogen-bond acceptors (Lipinski definition) is 3. The van der Waals surface area contributed by atoms with Gasteiger partial charge in [0.2, 0.25) is 10.0 Å². The van der Waals surface area contributed by atoms with Crippen LogP contribution in [0.2, 0.25) is 0 Å². The summed E-state index contributed by atoms with van der Waals surface area (Å²) in [6.45, 7) is 0. The van der Waals surface area contributed by atoms with Crippen LogP contribution in [0, 0.1) is 7.05 Å². The van der Waals surface area contributed by atoms with Gasteiger partial charge in [-0.05, 0) is 12.1 Å². The summed E-state index contributed by atoms with van der Waals surface area (Å²) in [5, 5.41) is 2.64. The maximum atomic E-state index is 10.9. The monoisotopic (exact) mass is 199 g/mol. The Morgan fingerprint density at radius 1 is 1.23 bits per heavy atom. The van der Waals surface area contributed by atoms with E-state index >= 15 is 0 Å². The highest BCUT2D eigenvalue weighted by Gasteiger charge is 2.04. The summed E-state index contributed by atoms with van der Waals surface area (Å²) in [7, 11) is 0.234. The molecule has 71 valence electrons. The maximum absolute atomic E-state index is 10.9. The molecule has 0 aliphatic heterocycles. The number of rotatable bonds is 3. The van der Waals surface area contributed by atoms with E-state index in [2.05, 4.69) is 17.1 Å². The molecule has 0 saturated carbocycles. The molecule has 13 heavy (non-hydrogen) atoms. The van der Waals surface area contributed by atoms with Crippen molar-refractivity contribution in [1.29, 1.82) is 0 Å². The van der Waals surface area contributed by atoms with Crippen molar-refractivity contribution >= 4 is 21.4 Å². The van der Waals surface area contributed by atoms with Gasteiger partial charge in [-0.1, -0.05) is 12.1 Å². The maximum Gasteiger partial charge on any atom is 0.229 e. The molecule has 0 unspecified atom stereocenters. The molecule has 0 fully saturated rings. The molecule has 0 saturated heterocycles. The second kappa shape index (κ2) is 3.66. The largest absolute Gasteiger partial charge is 0.382 e. The molecule has 2 N–H and O–H groups in total. The van der Waals surface area contributed by atoms with E-state index in [-0.39, 0.29) is 0 Å². The predicted octanol–water partition coefficient (Wildman–Crippen LogP) is 1.26. The van der Waals surface area contributed by atoms with Gasteiger partial charge < -0.3 is 5.32 Å². The summed E-state index contributed by atoms with van der Waals surface area (Å²) in [6, 6.07) is 6.93. The van der Waals surface area contributed by atoms with E-state index in [1.165, 1.54) is 0 Å². The van der Waals surface area contributed by atoms with Gasteiger partial charge in [-0.15, -0.1) is 0 Å². The third-order valence-corrected chi connectivity index (χ3v) is 2.00. The van der Waals surface area contributed by atoms with Crippen molar-refractivity contribution in [1.82, 2.24) is 0 Å². The van der Waals surface area contributed by atoms with Crippen molar-refractivity contribution in [2.75, 3.05) is 16.3 Å². The van der Waals surface area contributed by atoms with Crippen LogP contribution < -0.4 is 10.0 Å². The minimum Gasteiger partial charge on any atom is -0.382 e. The number of para-hydroxylation sites is 2. The zero-order valence-corrected chi connectivity index (χ0v) is 8.06. The number of nitrogens with one attached hydrogen (secondary N) is 2. The van der Waals surface area contributed by atoms with Crippen LogP contribution in [0.25, 0.3) is 0 Å². The molecule has 1 aromatic rings. The fraction of sp³-hybridized carbons (Fsp3) is 0.125. The van der Waals surface area contributed by atoms with Crippen molar-refractivity contribution in [3.63, 3.8) is 0 Å². The lowest BCUT2D eigenvalue weighted by atomic mass is 10.3. The van der Waals surface area contributed by atoms with E-state index < -0.39 is 10.0 Å². The lowest BCUT2D eigenvalue weighted by molar-refractivity contribution is 0.607. The van der Waals surface area contributed by atoms with E-state index in [4.69, 9.17) is 0 Å². The van der Waals surface area contributed by atoms with Crippen molar-refractivity contribution in [2.45, 2.75) is 0 Å². The quantitative estimate of drug-likeness (QED) is 0.770. The highest BCUT2D eigenvalue weighted by molar-refractivity contribution is 7.92. The standard InChI is InChI=1S/C8H11N2O2S/c1-9-7-5-3-4-6-8(7)10-13(2,11)12/h3-6,9-10H,1H2,2H3. The van der Waals surface area contributed by atoms with Crippen LogP contribution in [-0.4, -0.2) is 14.7 Å². The van der Waals surface area contributed by atoms with E-state index in [9.17, 15) is 8.42 Å². The molecule has 4 nitrogen and oxygen atoms in total. The molecular formula is C8H11N2O2S. The number of anilines is 2. The molecule has 1 aromatic carbocycles. The summed E-state index contributed by atoms with van der Waals surface area (Å²) >= 11 is 0. The van der Waals surface area contributed by atoms with Crippen LogP contribution in [0.1, 0.15) is 0 Å². The average Bonchev–Trinajstić information content (AvgIpc) is 2.02. The summed E-state index contributed by atoms with van der Waals surface area (Å²) in [5.41, 5.74) is 1.15. The second-order valence-electron chi connectivity index (χ2n) is 2.60. The van der Waals surface area contributed by atoms with Gasteiger partial charge in [-0.2, -0.15) is 0 Å². The highest BCUT2D eigenvalue weighted by atomic mass is 32.2. The zero-order valence-electron chi connectivity index (χ0n) is 7.24. The first kappa shape index (κ1) is 9.85. The van der Waals surface area contributed by atoms with E-state index in [1.54, 1.807) is 24.3 Å². The Kier molecular flexibility index (Phi) is 2.77. The molecular weight excluding hydrogens is 188 g/mol. The SMILES string of the molecule is [CH2]Nc1ccccc1NS(C)(=O)=O. The fourth-order valence-corrected chi connectivity index (χ4v) is 1.50. The highest BCUT2D eigenvalue weighted by Crippen LogP contribution is 2.20. The molecule has 0 aliphatic carbocycles. The van der Waals surface area contributed by atoms with Crippen LogP contribution in [0.3, 0.4) is 0 Å². The van der Waals surface area contributed by atoms with Crippen molar-refractivity contribution in [3.8, 4) is 0 Å². The van der Waals surface area contributed by atoms with Gasteiger partial charge in [0, 0.05) is 7.05 Å². The Labute approximate surface area is 78.0 Å². The molecule has 1 radical (unpaired) electrons. The molecule has 0 spiro atoms. The van der Waals surface area contributed by atoms with Crippen LogP contribution in [0.5, 0.6) is 0 Å². The van der Waals surface area contributed by atoms with Gasteiger partial charge in [-0.3, -0.25) is 4.72 Å². The Hall–Kier alpha value is -1.23. The van der Waals surface area contributed by atoms with Gasteiger partial charge in [0.1, 0.15) is 0 Å². The lowest BCUT2D eigenvalue weighted by Gasteiger charge is -2.08. The van der Waals surface area contributed by atoms with E-state index in [0.717, 1.165) is 6.26 Å². The van der Waals surface area contributed by atoms with Crippen LogP contribution in [0.15, 0.2) is 24.3 Å². The normalized spacial score (nSPS) is 10.9. The molecule has 5 heteroatoms. The minimum absolute atomic E-state index is 0.500. The van der Waals surface area contributed by atoms with Crippen molar-refractivity contribution < 1.29 is 8.42 Å². The van der Waals surface area contributed by atoms with Crippen LogP contribution >= 0.6 is 0 Å². The lowest BCUT2D eigenvalue weighted by Crippen LogP contribution is -2.10. The third-order valence-electron chi connectivity index (χ3n) is 1.41. The summed E-state index contributed by atoms with van der Waals surface area (Å²) < 4.78 is 24.2. The topological polar surface area (TPSA) is 58.2 Å². The van der Waals surface area contributed by atoms with Gasteiger partial charge in [0.25, 0.3) is 0 Å². The van der Waals surface area contributed by atoms with Crippen LogP contribution in [-0.2, 0) is 10.0 Å². The average molecular weight is 199 g/mol. The van der Waals surface area contributed by atoms with Gasteiger partial charge in [0.05, 0.1) is 17.6 Å². The first-order chi connectivity index (χ1) is 6.03. The smallest absolute Gasteiger partial charge is 0.229 e. The molecule has 0 aliphatic rings. The molecule has 1 rings (SSSR count). The molecule has 0 heterocycles. The predicted molar refractivity (Wildman–Crippen MR) is 53.9 cm³/mol. The number of sulfonamides is 1. The zero-order chi connectivity index (χ0) is 9.90. The second-order valence-corrected chi connectivity index (χ2v) is 4.35. The first-order valence-electron chi connectivity index (χ1n) is 3.63. The Balaban J connectivity index is 3.01. The Morgan fingerprint density at radius 2 is 1.77 bits per heavy atom. The van der Waals surface area contributed by atoms with Crippen LogP contribution in [0.4, 0.5) is 11.4 Å². The molecule has 0 amide bonds. The van der Waals surface area contributed by atoms with Crippen molar-refractivity contribution in [2.24, 2.45) is 0 Å². The number of benzene rings is 1. The number of hydrogen-bond donors (Lipinski definition) is 2. The van der Waals surface area contributed by atoms with Gasteiger partial charge in [-0.25, -0.2) is 8.42 Å². The minimum atomic E-state index is -3.23. The fourth-order valence-electron chi connectivity index (χ4n) is 0.926. The van der Waals surface area contributed by atoms with Gasteiger partial charge >= 0.3 is 0 Å².